The molecule has 0 saturated carbocycles. The summed E-state index contributed by atoms with van der Waals surface area (Å²) in [5.41, 5.74) is 4.66. The molecule has 0 radical (unpaired) electrons. The van der Waals surface area contributed by atoms with Crippen molar-refractivity contribution >= 4 is 58.3 Å². The first-order valence-corrected chi connectivity index (χ1v) is 17.7. The zero-order valence-corrected chi connectivity index (χ0v) is 29.8. The lowest BCUT2D eigenvalue weighted by Gasteiger charge is -2.36. The maximum Gasteiger partial charge on any atom is 0.438 e. The van der Waals surface area contributed by atoms with Crippen LogP contribution in [0.1, 0.15) is 59.8 Å². The van der Waals surface area contributed by atoms with Gasteiger partial charge in [-0.15, -0.1) is 10.1 Å². The first-order valence-electron chi connectivity index (χ1n) is 16.2. The summed E-state index contributed by atoms with van der Waals surface area (Å²) in [6.07, 6.45) is 3.09. The lowest BCUT2D eigenvalue weighted by atomic mass is 9.76. The highest BCUT2D eigenvalue weighted by molar-refractivity contribution is 6.31. The van der Waals surface area contributed by atoms with E-state index in [9.17, 15) is 9.59 Å². The predicted octanol–water partition coefficient (Wildman–Crippen LogP) is 8.78. The lowest BCUT2D eigenvalue weighted by molar-refractivity contribution is -0.223. The van der Waals surface area contributed by atoms with Crippen molar-refractivity contribution in [1.29, 1.82) is 0 Å². The van der Waals surface area contributed by atoms with Crippen molar-refractivity contribution in [2.75, 3.05) is 26.2 Å². The molecule has 2 N–H and O–H groups in total. The summed E-state index contributed by atoms with van der Waals surface area (Å²) < 4.78 is 0. The molecule has 0 aromatic heterocycles. The molecule has 0 amide bonds. The van der Waals surface area contributed by atoms with E-state index in [-0.39, 0.29) is 17.3 Å². The molecule has 0 atom stereocenters. The highest BCUT2D eigenvalue weighted by Gasteiger charge is 2.34. The highest BCUT2D eigenvalue weighted by atomic mass is 35.5. The minimum atomic E-state index is -1.01. The van der Waals surface area contributed by atoms with Crippen molar-refractivity contribution in [3.05, 3.63) is 139 Å². The summed E-state index contributed by atoms with van der Waals surface area (Å²) in [6, 6.07) is 31.7. The van der Waals surface area contributed by atoms with Crippen LogP contribution in [-0.2, 0) is 19.3 Å². The molecule has 2 aliphatic heterocycles. The number of rotatable bonds is 8. The summed E-state index contributed by atoms with van der Waals surface area (Å²) >= 11 is 24.7. The second-order valence-corrected chi connectivity index (χ2v) is 14.2. The van der Waals surface area contributed by atoms with Gasteiger partial charge in [0.2, 0.25) is 0 Å². The first kappa shape index (κ1) is 37.1. The molecule has 4 aromatic carbocycles. The molecule has 11 heteroatoms. The number of halogens is 4. The molecule has 2 aliphatic rings. The van der Waals surface area contributed by atoms with E-state index < -0.39 is 11.9 Å². The van der Waals surface area contributed by atoms with Crippen LogP contribution < -0.4 is 0 Å². The van der Waals surface area contributed by atoms with Gasteiger partial charge in [0, 0.05) is 58.1 Å². The standard InChI is InChI=1S/C38H36Cl4N2O4.H2O/c39-31-9-1-25(2-10-31)35(26-3-11-32(40)12-4-26)29-17-21-43(22-18-29)47-37(45)38(46)48-44-23-19-30(20-24-44)36(27-5-13-33(41)14-6-27)28-7-15-34(42)16-8-28;/h1-16,29-30,35-36H,17-24H2;1H2. The van der Waals surface area contributed by atoms with Gasteiger partial charge < -0.3 is 15.2 Å². The third-order valence-electron chi connectivity index (χ3n) is 9.45. The van der Waals surface area contributed by atoms with Gasteiger partial charge >= 0.3 is 11.9 Å². The molecule has 258 valence electrons. The Morgan fingerprint density at radius 3 is 0.918 bits per heavy atom. The van der Waals surface area contributed by atoms with Gasteiger partial charge in [-0.05, 0) is 108 Å². The Morgan fingerprint density at radius 2 is 0.694 bits per heavy atom. The third-order valence-corrected chi connectivity index (χ3v) is 10.5. The zero-order chi connectivity index (χ0) is 33.6. The summed E-state index contributed by atoms with van der Waals surface area (Å²) in [5, 5.41) is 5.88. The number of hydrogen-bond acceptors (Lipinski definition) is 6. The molecule has 2 heterocycles. The van der Waals surface area contributed by atoms with Gasteiger partial charge in [0.1, 0.15) is 0 Å². The second-order valence-electron chi connectivity index (χ2n) is 12.5. The number of benzene rings is 4. The summed E-state index contributed by atoms with van der Waals surface area (Å²) in [7, 11) is 0. The molecule has 2 saturated heterocycles. The second kappa shape index (κ2) is 17.2. The number of hydroxylamine groups is 4. The van der Waals surface area contributed by atoms with E-state index in [1.807, 2.05) is 48.5 Å². The van der Waals surface area contributed by atoms with Crippen molar-refractivity contribution in [2.24, 2.45) is 11.8 Å². The summed E-state index contributed by atoms with van der Waals surface area (Å²) in [4.78, 5) is 36.6. The molecule has 49 heavy (non-hydrogen) atoms. The quantitative estimate of drug-likeness (QED) is 0.168. The van der Waals surface area contributed by atoms with Gasteiger partial charge in [-0.1, -0.05) is 94.9 Å². The molecule has 0 aliphatic carbocycles. The van der Waals surface area contributed by atoms with Crippen LogP contribution in [0.2, 0.25) is 20.1 Å². The van der Waals surface area contributed by atoms with Crippen LogP contribution in [-0.4, -0.2) is 53.7 Å². The Bertz CT molecular complexity index is 1450. The van der Waals surface area contributed by atoms with Crippen LogP contribution >= 0.6 is 46.4 Å². The van der Waals surface area contributed by atoms with Crippen LogP contribution in [0, 0.1) is 11.8 Å². The Balaban J connectivity index is 0.00000468. The average Bonchev–Trinajstić information content (AvgIpc) is 3.10. The van der Waals surface area contributed by atoms with Crippen molar-refractivity contribution in [3.63, 3.8) is 0 Å². The van der Waals surface area contributed by atoms with E-state index >= 15 is 0 Å². The zero-order valence-electron chi connectivity index (χ0n) is 26.7. The van der Waals surface area contributed by atoms with Crippen LogP contribution in [0.15, 0.2) is 97.1 Å². The fraction of sp³-hybridized carbons (Fsp3) is 0.316. The maximum absolute atomic E-state index is 12.8. The van der Waals surface area contributed by atoms with Crippen LogP contribution in [0.5, 0.6) is 0 Å². The molecule has 0 spiro atoms. The van der Waals surface area contributed by atoms with E-state index in [2.05, 4.69) is 48.5 Å². The Hall–Kier alpha value is -3.14. The topological polar surface area (TPSA) is 90.6 Å². The monoisotopic (exact) mass is 742 g/mol. The fourth-order valence-electron chi connectivity index (χ4n) is 7.06. The number of hydrogen-bond donors (Lipinski definition) is 0. The average molecular weight is 745 g/mol. The first-order chi connectivity index (χ1) is 23.2. The molecule has 6 rings (SSSR count). The Labute approximate surface area is 306 Å². The summed E-state index contributed by atoms with van der Waals surface area (Å²) in [5.74, 6) is -1.18. The van der Waals surface area contributed by atoms with Gasteiger partial charge in [0.15, 0.2) is 0 Å². The largest absolute Gasteiger partial charge is 0.438 e. The smallest absolute Gasteiger partial charge is 0.412 e. The van der Waals surface area contributed by atoms with Gasteiger partial charge in [0.05, 0.1) is 0 Å². The normalized spacial score (nSPS) is 16.4. The summed E-state index contributed by atoms with van der Waals surface area (Å²) in [6.45, 7) is 2.01. The van der Waals surface area contributed by atoms with Crippen molar-refractivity contribution < 1.29 is 24.7 Å². The molecular formula is C38H38Cl4N2O5. The van der Waals surface area contributed by atoms with E-state index in [0.717, 1.165) is 47.9 Å². The lowest BCUT2D eigenvalue weighted by Crippen LogP contribution is -2.42. The minimum absolute atomic E-state index is 0. The van der Waals surface area contributed by atoms with Crippen molar-refractivity contribution in [3.8, 4) is 0 Å². The van der Waals surface area contributed by atoms with Crippen LogP contribution in [0.3, 0.4) is 0 Å². The number of nitrogens with zero attached hydrogens (tertiary/aromatic N) is 2. The number of piperidine rings is 2. The molecule has 0 unspecified atom stereocenters. The maximum atomic E-state index is 12.8. The van der Waals surface area contributed by atoms with Crippen LogP contribution in [0.25, 0.3) is 0 Å². The minimum Gasteiger partial charge on any atom is -0.412 e. The molecule has 0 bridgehead atoms. The highest BCUT2D eigenvalue weighted by Crippen LogP contribution is 2.40. The molecule has 4 aromatic rings. The van der Waals surface area contributed by atoms with E-state index in [0.29, 0.717) is 58.1 Å². The van der Waals surface area contributed by atoms with Gasteiger partial charge in [-0.2, -0.15) is 0 Å². The predicted molar refractivity (Wildman–Crippen MR) is 194 cm³/mol. The van der Waals surface area contributed by atoms with Crippen LogP contribution in [0.4, 0.5) is 0 Å². The van der Waals surface area contributed by atoms with Gasteiger partial charge in [0.25, 0.3) is 0 Å². The SMILES string of the molecule is O.O=C(ON1CCC(C(c2ccc(Cl)cc2)c2ccc(Cl)cc2)CC1)C(=O)ON1CCC(C(c2ccc(Cl)cc2)c2ccc(Cl)cc2)CC1. The van der Waals surface area contributed by atoms with Crippen molar-refractivity contribution in [1.82, 2.24) is 10.1 Å². The Morgan fingerprint density at radius 1 is 0.469 bits per heavy atom. The Kier molecular flexibility index (Phi) is 13.0. The van der Waals surface area contributed by atoms with E-state index in [4.69, 9.17) is 56.1 Å². The molecule has 2 fully saturated rings. The number of carbonyl (C=O) groups is 2. The van der Waals surface area contributed by atoms with Crippen molar-refractivity contribution in [2.45, 2.75) is 37.5 Å². The molecular weight excluding hydrogens is 706 g/mol. The third kappa shape index (κ3) is 9.56. The molecule has 7 nitrogen and oxygen atoms in total. The van der Waals surface area contributed by atoms with E-state index in [1.165, 1.54) is 0 Å². The number of carbonyl (C=O) groups excluding carboxylic acids is 2. The van der Waals surface area contributed by atoms with Gasteiger partial charge in [-0.3, -0.25) is 0 Å². The van der Waals surface area contributed by atoms with Gasteiger partial charge in [-0.25, -0.2) is 9.59 Å². The van der Waals surface area contributed by atoms with E-state index in [1.54, 1.807) is 10.1 Å². The fourth-order valence-corrected chi connectivity index (χ4v) is 7.57.